The minimum Gasteiger partial charge on any atom is -0.457 e. The van der Waals surface area contributed by atoms with Crippen LogP contribution in [0.15, 0.2) is 48.6 Å². The normalized spacial score (nSPS) is 19.1. The summed E-state index contributed by atoms with van der Waals surface area (Å²) in [7, 11) is -5.07. The molecule has 0 aliphatic carbocycles. The molecule has 6 unspecified atom stereocenters. The summed E-state index contributed by atoms with van der Waals surface area (Å²) in [5, 5.41) is 30.9. The van der Waals surface area contributed by atoms with Crippen LogP contribution in [0.5, 0.6) is 0 Å². The van der Waals surface area contributed by atoms with Crippen LogP contribution in [0.3, 0.4) is 0 Å². The standard InChI is InChI=1S/C60H110O12S/c1-3-5-7-9-11-13-15-17-19-21-23-25-27-28-30-32-34-36-38-40-42-44-46-48-50-68-52-54(53-69-60-58(64)59(72-73(65,66)67)57(63)55(51-61)71-60)70-56(62)49-47-45-43-41-39-37-35-33-31-29-26-24-22-20-18-16-14-12-10-8-6-4-2/h5,7,11,13,17,19,23,25,54-55,57-61,63-64H,3-4,6,8-10,12,14-16,18,20-22,24,26-53H2,1-2H3,(H,65,66,67)/b7-5-,13-11-,19-17-,25-23-. The van der Waals surface area contributed by atoms with E-state index in [1.807, 2.05) is 0 Å². The Balaban J connectivity index is 2.27. The van der Waals surface area contributed by atoms with E-state index in [1.54, 1.807) is 0 Å². The Morgan fingerprint density at radius 2 is 0.945 bits per heavy atom. The topological polar surface area (TPSA) is 178 Å². The predicted molar refractivity (Wildman–Crippen MR) is 299 cm³/mol. The summed E-state index contributed by atoms with van der Waals surface area (Å²) in [5.74, 6) is -0.395. The van der Waals surface area contributed by atoms with Gasteiger partial charge in [0.25, 0.3) is 0 Å². The maximum atomic E-state index is 13.0. The van der Waals surface area contributed by atoms with Crippen molar-refractivity contribution in [2.45, 2.75) is 301 Å². The van der Waals surface area contributed by atoms with Gasteiger partial charge in [0.15, 0.2) is 6.29 Å². The first-order valence-electron chi connectivity index (χ1n) is 29.9. The lowest BCUT2D eigenvalue weighted by Gasteiger charge is -2.41. The van der Waals surface area contributed by atoms with Crippen LogP contribution in [0, 0.1) is 0 Å². The number of esters is 1. The minimum absolute atomic E-state index is 0.0361. The zero-order valence-electron chi connectivity index (χ0n) is 46.5. The molecule has 0 saturated carbocycles. The van der Waals surface area contributed by atoms with E-state index < -0.39 is 59.8 Å². The molecular weight excluding hydrogens is 945 g/mol. The molecular formula is C60H110O12S. The van der Waals surface area contributed by atoms with Gasteiger partial charge in [-0.1, -0.05) is 255 Å². The molecule has 0 aromatic carbocycles. The fraction of sp³-hybridized carbons (Fsp3) is 0.850. The summed E-state index contributed by atoms with van der Waals surface area (Å²) in [6.07, 6.45) is 55.8. The zero-order valence-corrected chi connectivity index (χ0v) is 47.3. The molecule has 0 aromatic rings. The number of ether oxygens (including phenoxy) is 4. The van der Waals surface area contributed by atoms with Gasteiger partial charge in [-0.05, 0) is 51.4 Å². The number of unbranched alkanes of at least 4 members (excludes halogenated alkanes) is 32. The van der Waals surface area contributed by atoms with Crippen molar-refractivity contribution in [3.63, 3.8) is 0 Å². The molecule has 73 heavy (non-hydrogen) atoms. The van der Waals surface area contributed by atoms with Crippen molar-refractivity contribution < 1.29 is 56.2 Å². The summed E-state index contributed by atoms with van der Waals surface area (Å²) in [5.41, 5.74) is 0. The van der Waals surface area contributed by atoms with Crippen molar-refractivity contribution in [3.8, 4) is 0 Å². The highest BCUT2D eigenvalue weighted by atomic mass is 32.3. The van der Waals surface area contributed by atoms with E-state index >= 15 is 0 Å². The number of allylic oxidation sites excluding steroid dienone is 8. The first-order chi connectivity index (χ1) is 35.6. The highest BCUT2D eigenvalue weighted by Gasteiger charge is 2.48. The van der Waals surface area contributed by atoms with Crippen LogP contribution in [0.2, 0.25) is 0 Å². The molecule has 4 N–H and O–H groups in total. The summed E-state index contributed by atoms with van der Waals surface area (Å²) in [4.78, 5) is 13.0. The van der Waals surface area contributed by atoms with Crippen LogP contribution in [-0.2, 0) is 38.3 Å². The van der Waals surface area contributed by atoms with Gasteiger partial charge in [0.1, 0.15) is 30.5 Å². The van der Waals surface area contributed by atoms with Gasteiger partial charge in [0.05, 0.1) is 19.8 Å². The molecule has 12 nitrogen and oxygen atoms in total. The van der Waals surface area contributed by atoms with Crippen LogP contribution < -0.4 is 0 Å². The van der Waals surface area contributed by atoms with Gasteiger partial charge >= 0.3 is 16.4 Å². The van der Waals surface area contributed by atoms with Crippen molar-refractivity contribution in [2.75, 3.05) is 26.4 Å². The Morgan fingerprint density at radius 3 is 1.38 bits per heavy atom. The van der Waals surface area contributed by atoms with Gasteiger partial charge in [0.2, 0.25) is 0 Å². The smallest absolute Gasteiger partial charge is 0.397 e. The Labute approximate surface area is 446 Å². The van der Waals surface area contributed by atoms with Crippen LogP contribution in [0.25, 0.3) is 0 Å². The predicted octanol–water partition coefficient (Wildman–Crippen LogP) is 15.0. The second-order valence-corrected chi connectivity index (χ2v) is 21.6. The van der Waals surface area contributed by atoms with Crippen LogP contribution in [0.1, 0.15) is 264 Å². The number of hydrogen-bond acceptors (Lipinski definition) is 11. The third-order valence-corrected chi connectivity index (χ3v) is 14.2. The van der Waals surface area contributed by atoms with Crippen molar-refractivity contribution in [1.82, 2.24) is 0 Å². The van der Waals surface area contributed by atoms with E-state index in [2.05, 4.69) is 66.6 Å². The zero-order chi connectivity index (χ0) is 53.1. The lowest BCUT2D eigenvalue weighted by Crippen LogP contribution is -2.60. The third kappa shape index (κ3) is 43.8. The molecule has 13 heteroatoms. The second-order valence-electron chi connectivity index (χ2n) is 20.6. The van der Waals surface area contributed by atoms with Crippen molar-refractivity contribution in [3.05, 3.63) is 48.6 Å². The van der Waals surface area contributed by atoms with E-state index in [-0.39, 0.29) is 19.6 Å². The fourth-order valence-corrected chi connectivity index (χ4v) is 9.76. The van der Waals surface area contributed by atoms with Crippen molar-refractivity contribution in [1.29, 1.82) is 0 Å². The largest absolute Gasteiger partial charge is 0.457 e. The lowest BCUT2D eigenvalue weighted by molar-refractivity contribution is -0.301. The maximum absolute atomic E-state index is 13.0. The second kappa shape index (κ2) is 50.9. The third-order valence-electron chi connectivity index (χ3n) is 13.7. The molecule has 0 spiro atoms. The highest BCUT2D eigenvalue weighted by Crippen LogP contribution is 2.26. The minimum atomic E-state index is -5.07. The monoisotopic (exact) mass is 1050 g/mol. The Bertz CT molecular complexity index is 1450. The molecule has 0 radical (unpaired) electrons. The van der Waals surface area contributed by atoms with Gasteiger partial charge in [-0.15, -0.1) is 0 Å². The van der Waals surface area contributed by atoms with E-state index in [0.29, 0.717) is 13.0 Å². The van der Waals surface area contributed by atoms with Gasteiger partial charge < -0.3 is 34.3 Å². The number of carbonyl (C=O) groups is 1. The average Bonchev–Trinajstić information content (AvgIpc) is 3.37. The van der Waals surface area contributed by atoms with Crippen LogP contribution in [-0.4, -0.2) is 97.5 Å². The van der Waals surface area contributed by atoms with E-state index in [9.17, 15) is 33.1 Å². The lowest BCUT2D eigenvalue weighted by atomic mass is 9.99. The van der Waals surface area contributed by atoms with E-state index in [1.165, 1.54) is 167 Å². The summed E-state index contributed by atoms with van der Waals surface area (Å²) >= 11 is 0. The van der Waals surface area contributed by atoms with Gasteiger partial charge in [-0.2, -0.15) is 8.42 Å². The van der Waals surface area contributed by atoms with E-state index in [0.717, 1.165) is 70.6 Å². The molecule has 1 rings (SSSR count). The van der Waals surface area contributed by atoms with Gasteiger partial charge in [-0.25, -0.2) is 4.18 Å². The maximum Gasteiger partial charge on any atom is 0.397 e. The summed E-state index contributed by atoms with van der Waals surface area (Å²) < 4.78 is 59.5. The number of aliphatic hydroxyl groups excluding tert-OH is 3. The van der Waals surface area contributed by atoms with E-state index in [4.69, 9.17) is 18.9 Å². The molecule has 1 saturated heterocycles. The van der Waals surface area contributed by atoms with Crippen molar-refractivity contribution in [2.24, 2.45) is 0 Å². The Hall–Kier alpha value is -1.94. The van der Waals surface area contributed by atoms with Crippen molar-refractivity contribution >= 4 is 16.4 Å². The van der Waals surface area contributed by atoms with Gasteiger partial charge in [0, 0.05) is 13.0 Å². The summed E-state index contributed by atoms with van der Waals surface area (Å²) in [6.45, 7) is 3.93. The van der Waals surface area contributed by atoms with Crippen LogP contribution >= 0.6 is 0 Å². The average molecular weight is 1060 g/mol. The molecule has 0 amide bonds. The molecule has 1 heterocycles. The molecule has 1 aliphatic heterocycles. The number of carbonyl (C=O) groups excluding carboxylic acids is 1. The molecule has 0 aromatic heterocycles. The van der Waals surface area contributed by atoms with Crippen LogP contribution in [0.4, 0.5) is 0 Å². The molecule has 6 atom stereocenters. The van der Waals surface area contributed by atoms with Gasteiger partial charge in [-0.3, -0.25) is 9.35 Å². The summed E-state index contributed by atoms with van der Waals surface area (Å²) in [6, 6.07) is 0. The molecule has 1 fully saturated rings. The molecule has 1 aliphatic rings. The quantitative estimate of drug-likeness (QED) is 0.0196. The first kappa shape index (κ1) is 69.1. The first-order valence-corrected chi connectivity index (χ1v) is 31.3. The Morgan fingerprint density at radius 1 is 0.534 bits per heavy atom. The number of aliphatic hydroxyl groups is 3. The highest BCUT2D eigenvalue weighted by molar-refractivity contribution is 7.80. The number of hydrogen-bond donors (Lipinski definition) is 4. The number of rotatable bonds is 53. The Kier molecular flexibility index (Phi) is 48.1. The SMILES string of the molecule is CC/C=C\C/C=C\C/C=C\C/C=C\CCCCCCCCCCCCCOCC(COC1OC(CO)C(O)C(OS(=O)(=O)O)C1O)OC(=O)CCCCCCCCCCCCCCCCCCCCCCCC. The fourth-order valence-electron chi connectivity index (χ4n) is 9.26. The molecule has 0 bridgehead atoms. The molecule has 428 valence electrons.